The quantitative estimate of drug-likeness (QED) is 0.841. The van der Waals surface area contributed by atoms with Gasteiger partial charge in [0.25, 0.3) is 0 Å². The lowest BCUT2D eigenvalue weighted by molar-refractivity contribution is -0.116. The topological polar surface area (TPSA) is 53.5 Å². The number of carbonyl (C=O) groups excluding carboxylic acids is 1. The Bertz CT molecular complexity index is 484. The molecule has 4 nitrogen and oxygen atoms in total. The number of halogens is 1. The average Bonchev–Trinajstić information content (AvgIpc) is 2.73. The van der Waals surface area contributed by atoms with E-state index in [-0.39, 0.29) is 5.91 Å². The Balaban J connectivity index is 1.98. The summed E-state index contributed by atoms with van der Waals surface area (Å²) in [7, 11) is 0. The standard InChI is InChI=1S/C11H10BrN3OS/c1-7(8-2-4-9(12)5-3-8)14-15-11-13-10(16)6-17-11/h2-5,14H,1,6H2,(H,13,15,16). The van der Waals surface area contributed by atoms with Crippen LogP contribution in [0.3, 0.4) is 0 Å². The summed E-state index contributed by atoms with van der Waals surface area (Å²) in [5.41, 5.74) is 4.46. The molecule has 1 saturated heterocycles. The summed E-state index contributed by atoms with van der Waals surface area (Å²) in [6.07, 6.45) is 0. The van der Waals surface area contributed by atoms with Crippen molar-refractivity contribution in [3.63, 3.8) is 0 Å². The number of rotatable bonds is 3. The van der Waals surface area contributed by atoms with Crippen molar-refractivity contribution >= 4 is 44.5 Å². The van der Waals surface area contributed by atoms with Gasteiger partial charge in [0.2, 0.25) is 5.91 Å². The normalized spacial score (nSPS) is 17.0. The van der Waals surface area contributed by atoms with Gasteiger partial charge in [0.05, 0.1) is 11.4 Å². The Kier molecular flexibility index (Phi) is 3.86. The molecule has 1 aromatic rings. The summed E-state index contributed by atoms with van der Waals surface area (Å²) in [6.45, 7) is 3.88. The van der Waals surface area contributed by atoms with Gasteiger partial charge in [-0.1, -0.05) is 46.4 Å². The zero-order valence-electron chi connectivity index (χ0n) is 8.87. The number of benzene rings is 1. The van der Waals surface area contributed by atoms with Gasteiger partial charge in [0.1, 0.15) is 0 Å². The van der Waals surface area contributed by atoms with Crippen LogP contribution in [0, 0.1) is 0 Å². The molecule has 88 valence electrons. The second-order valence-electron chi connectivity index (χ2n) is 3.35. The lowest BCUT2D eigenvalue weighted by atomic mass is 10.2. The number of nitrogens with zero attached hydrogens (tertiary/aromatic N) is 1. The van der Waals surface area contributed by atoms with E-state index in [1.165, 1.54) is 11.8 Å². The second kappa shape index (κ2) is 5.37. The smallest absolute Gasteiger partial charge is 0.236 e. The third-order valence-corrected chi connectivity index (χ3v) is 3.47. The van der Waals surface area contributed by atoms with Crippen LogP contribution in [0.4, 0.5) is 0 Å². The summed E-state index contributed by atoms with van der Waals surface area (Å²) in [5.74, 6) is 0.399. The largest absolute Gasteiger partial charge is 0.303 e. The maximum absolute atomic E-state index is 10.9. The number of amidine groups is 1. The Labute approximate surface area is 112 Å². The van der Waals surface area contributed by atoms with Gasteiger partial charge in [-0.2, -0.15) is 0 Å². The fraction of sp³-hybridized carbons (Fsp3) is 0.0909. The Morgan fingerprint density at radius 3 is 2.76 bits per heavy atom. The molecule has 0 spiro atoms. The highest BCUT2D eigenvalue weighted by atomic mass is 79.9. The molecule has 1 aliphatic heterocycles. The van der Waals surface area contributed by atoms with Gasteiger partial charge in [-0.15, -0.1) is 5.10 Å². The summed E-state index contributed by atoms with van der Waals surface area (Å²) in [4.78, 5) is 10.9. The minimum atomic E-state index is -0.0233. The number of hydrogen-bond acceptors (Lipinski definition) is 4. The van der Waals surface area contributed by atoms with E-state index in [9.17, 15) is 4.79 Å². The van der Waals surface area contributed by atoms with Gasteiger partial charge in [-0.3, -0.25) is 10.2 Å². The molecule has 1 aromatic carbocycles. The molecule has 0 bridgehead atoms. The monoisotopic (exact) mass is 311 g/mol. The predicted molar refractivity (Wildman–Crippen MR) is 74.3 cm³/mol. The van der Waals surface area contributed by atoms with Crippen LogP contribution in [0.2, 0.25) is 0 Å². The highest BCUT2D eigenvalue weighted by Gasteiger charge is 2.16. The van der Waals surface area contributed by atoms with E-state index in [0.29, 0.717) is 16.6 Å². The Morgan fingerprint density at radius 1 is 1.47 bits per heavy atom. The molecule has 1 amide bonds. The maximum atomic E-state index is 10.9. The van der Waals surface area contributed by atoms with E-state index < -0.39 is 0 Å². The molecule has 0 radical (unpaired) electrons. The zero-order chi connectivity index (χ0) is 12.3. The zero-order valence-corrected chi connectivity index (χ0v) is 11.3. The summed E-state index contributed by atoms with van der Waals surface area (Å²) in [6, 6.07) is 7.73. The van der Waals surface area contributed by atoms with E-state index in [2.05, 4.69) is 38.4 Å². The van der Waals surface area contributed by atoms with Crippen LogP contribution in [0.5, 0.6) is 0 Å². The molecule has 2 N–H and O–H groups in total. The van der Waals surface area contributed by atoms with E-state index in [0.717, 1.165) is 10.0 Å². The van der Waals surface area contributed by atoms with E-state index in [1.54, 1.807) is 0 Å². The van der Waals surface area contributed by atoms with Crippen molar-refractivity contribution in [2.75, 3.05) is 5.75 Å². The summed E-state index contributed by atoms with van der Waals surface area (Å²) in [5, 5.41) is 7.27. The SMILES string of the molecule is C=C(N/N=C1/NC(=O)CS1)c1ccc(Br)cc1. The molecule has 0 aliphatic carbocycles. The van der Waals surface area contributed by atoms with Crippen molar-refractivity contribution in [1.82, 2.24) is 10.7 Å². The number of amides is 1. The van der Waals surface area contributed by atoms with Crippen molar-refractivity contribution in [3.05, 3.63) is 40.9 Å². The van der Waals surface area contributed by atoms with Crippen molar-refractivity contribution < 1.29 is 4.79 Å². The Hall–Kier alpha value is -1.27. The summed E-state index contributed by atoms with van der Waals surface area (Å²) >= 11 is 4.73. The van der Waals surface area contributed by atoms with Crippen LogP contribution in [0.25, 0.3) is 5.70 Å². The first-order valence-electron chi connectivity index (χ1n) is 4.86. The highest BCUT2D eigenvalue weighted by Crippen LogP contribution is 2.15. The minimum Gasteiger partial charge on any atom is -0.303 e. The summed E-state index contributed by atoms with van der Waals surface area (Å²) < 4.78 is 1.01. The van der Waals surface area contributed by atoms with Crippen LogP contribution < -0.4 is 10.7 Å². The van der Waals surface area contributed by atoms with Crippen LogP contribution in [0.1, 0.15) is 5.56 Å². The molecule has 1 fully saturated rings. The molecule has 17 heavy (non-hydrogen) atoms. The third kappa shape index (κ3) is 3.34. The van der Waals surface area contributed by atoms with Crippen molar-refractivity contribution in [3.8, 4) is 0 Å². The molecular weight excluding hydrogens is 302 g/mol. The third-order valence-electron chi connectivity index (χ3n) is 2.07. The van der Waals surface area contributed by atoms with Gasteiger partial charge in [-0.25, -0.2) is 0 Å². The van der Waals surface area contributed by atoms with Crippen LogP contribution in [0.15, 0.2) is 40.4 Å². The van der Waals surface area contributed by atoms with Gasteiger partial charge < -0.3 is 5.32 Å². The number of nitrogens with one attached hydrogen (secondary N) is 2. The molecule has 6 heteroatoms. The molecular formula is C11H10BrN3OS. The van der Waals surface area contributed by atoms with Crippen LogP contribution >= 0.6 is 27.7 Å². The Morgan fingerprint density at radius 2 is 2.18 bits per heavy atom. The van der Waals surface area contributed by atoms with Crippen molar-refractivity contribution in [2.24, 2.45) is 5.10 Å². The van der Waals surface area contributed by atoms with Crippen LogP contribution in [-0.4, -0.2) is 16.8 Å². The molecule has 1 aliphatic rings. The second-order valence-corrected chi connectivity index (χ2v) is 5.23. The molecule has 0 unspecified atom stereocenters. The number of thioether (sulfide) groups is 1. The van der Waals surface area contributed by atoms with E-state index in [1.807, 2.05) is 24.3 Å². The predicted octanol–water partition coefficient (Wildman–Crippen LogP) is 2.14. The van der Waals surface area contributed by atoms with E-state index in [4.69, 9.17) is 0 Å². The lowest BCUT2D eigenvalue weighted by Crippen LogP contribution is -2.22. The molecule has 0 saturated carbocycles. The van der Waals surface area contributed by atoms with Crippen molar-refractivity contribution in [2.45, 2.75) is 0 Å². The number of carbonyl (C=O) groups is 1. The highest BCUT2D eigenvalue weighted by molar-refractivity contribution is 9.10. The molecule has 1 heterocycles. The molecule has 2 rings (SSSR count). The van der Waals surface area contributed by atoms with Gasteiger partial charge in [-0.05, 0) is 17.7 Å². The van der Waals surface area contributed by atoms with Gasteiger partial charge in [0.15, 0.2) is 5.17 Å². The first-order chi connectivity index (χ1) is 8.15. The fourth-order valence-electron chi connectivity index (χ4n) is 1.22. The van der Waals surface area contributed by atoms with Gasteiger partial charge in [0, 0.05) is 4.47 Å². The van der Waals surface area contributed by atoms with Gasteiger partial charge >= 0.3 is 0 Å². The first-order valence-corrected chi connectivity index (χ1v) is 6.64. The first kappa shape index (κ1) is 12.2. The maximum Gasteiger partial charge on any atom is 0.236 e. The number of hydrogen-bond donors (Lipinski definition) is 2. The molecule has 0 atom stereocenters. The van der Waals surface area contributed by atoms with Crippen LogP contribution in [-0.2, 0) is 4.79 Å². The van der Waals surface area contributed by atoms with Crippen molar-refractivity contribution in [1.29, 1.82) is 0 Å². The molecule has 0 aromatic heterocycles. The fourth-order valence-corrected chi connectivity index (χ4v) is 2.12. The lowest BCUT2D eigenvalue weighted by Gasteiger charge is -2.05. The average molecular weight is 312 g/mol. The van der Waals surface area contributed by atoms with E-state index >= 15 is 0 Å². The number of hydrazone groups is 1. The minimum absolute atomic E-state index is 0.0233.